The van der Waals surface area contributed by atoms with Gasteiger partial charge in [0, 0.05) is 21.9 Å². The lowest BCUT2D eigenvalue weighted by Gasteiger charge is -2.13. The van der Waals surface area contributed by atoms with E-state index in [0.29, 0.717) is 22.2 Å². The minimum atomic E-state index is -0.918. The third-order valence-electron chi connectivity index (χ3n) is 8.22. The Morgan fingerprint density at radius 2 is 1.41 bits per heavy atom. The van der Waals surface area contributed by atoms with Crippen molar-refractivity contribution in [3.8, 4) is 0 Å². The zero-order valence-electron chi connectivity index (χ0n) is 22.4. The number of fused-ring (bicyclic) bond motifs is 18. The Kier molecular flexibility index (Phi) is 4.99. The van der Waals surface area contributed by atoms with Gasteiger partial charge in [-0.15, -0.1) is 0 Å². The van der Waals surface area contributed by atoms with Crippen LogP contribution in [0.4, 0.5) is 29.2 Å². The molecule has 0 fully saturated rings. The smallest absolute Gasteiger partial charge is 0.145 e. The van der Waals surface area contributed by atoms with Crippen molar-refractivity contribution in [1.82, 2.24) is 20.6 Å². The van der Waals surface area contributed by atoms with E-state index in [1.807, 2.05) is 0 Å². The Labute approximate surface area is 244 Å². The van der Waals surface area contributed by atoms with Gasteiger partial charge in [0.2, 0.25) is 0 Å². The van der Waals surface area contributed by atoms with Crippen LogP contribution in [0.5, 0.6) is 0 Å². The number of H-pyrrole nitrogens is 2. The van der Waals surface area contributed by atoms with Crippen molar-refractivity contribution in [2.75, 3.05) is 0 Å². The Hall–Kier alpha value is -5.78. The van der Waals surface area contributed by atoms with Crippen molar-refractivity contribution < 1.29 is 17.6 Å². The average molecular weight is 591 g/mol. The lowest BCUT2D eigenvalue weighted by atomic mass is 9.95. The number of aromatic nitrogens is 2. The number of aromatic amines is 2. The number of allylic oxidation sites excluding steroid dienone is 6. The second-order valence-corrected chi connectivity index (χ2v) is 10.7. The van der Waals surface area contributed by atoms with Crippen LogP contribution in [0, 0.1) is 23.5 Å². The maximum absolute atomic E-state index is 15.4. The van der Waals surface area contributed by atoms with Crippen LogP contribution in [0.3, 0.4) is 0 Å². The van der Waals surface area contributed by atoms with E-state index in [-0.39, 0.29) is 56.4 Å². The van der Waals surface area contributed by atoms with Gasteiger partial charge in [0.05, 0.1) is 22.6 Å². The fourth-order valence-electron chi connectivity index (χ4n) is 6.27. The Morgan fingerprint density at radius 3 is 2.27 bits per heavy atom. The fourth-order valence-corrected chi connectivity index (χ4v) is 6.27. The molecule has 5 heterocycles. The van der Waals surface area contributed by atoms with Crippen molar-refractivity contribution in [2.24, 2.45) is 31.8 Å². The molecule has 8 nitrogen and oxygen atoms in total. The first-order chi connectivity index (χ1) is 21.4. The third kappa shape index (κ3) is 3.44. The van der Waals surface area contributed by atoms with Crippen molar-refractivity contribution >= 4 is 44.9 Å². The van der Waals surface area contributed by atoms with E-state index in [2.05, 4.69) is 20.6 Å². The van der Waals surface area contributed by atoms with Gasteiger partial charge in [0.25, 0.3) is 0 Å². The molecular weight excluding hydrogens is 572 g/mol. The monoisotopic (exact) mass is 590 g/mol. The summed E-state index contributed by atoms with van der Waals surface area (Å²) < 4.78 is 61.4. The maximum atomic E-state index is 15.4. The molecule has 12 heteroatoms. The summed E-state index contributed by atoms with van der Waals surface area (Å²) >= 11 is 0. The maximum Gasteiger partial charge on any atom is 0.145 e. The number of nitrogens with zero attached hydrogens (tertiary/aromatic N) is 4. The molecule has 2 aromatic heterocycles. The van der Waals surface area contributed by atoms with E-state index >= 15 is 17.6 Å². The zero-order valence-corrected chi connectivity index (χ0v) is 22.4. The zero-order chi connectivity index (χ0) is 29.7. The van der Waals surface area contributed by atoms with Gasteiger partial charge < -0.3 is 20.6 Å². The average Bonchev–Trinajstić information content (AvgIpc) is 3.74. The Balaban J connectivity index is 1.41. The first-order valence-corrected chi connectivity index (χ1v) is 13.8. The molecule has 0 spiro atoms. The molecule has 8 bridgehead atoms. The van der Waals surface area contributed by atoms with Gasteiger partial charge in [-0.2, -0.15) is 0 Å². The highest BCUT2D eigenvalue weighted by atomic mass is 19.1. The van der Waals surface area contributed by atoms with Crippen molar-refractivity contribution in [2.45, 2.75) is 0 Å². The van der Waals surface area contributed by atoms with Crippen LogP contribution < -0.4 is 21.6 Å². The highest BCUT2D eigenvalue weighted by Crippen LogP contribution is 2.41. The van der Waals surface area contributed by atoms with E-state index in [1.54, 1.807) is 48.6 Å². The number of amidine groups is 2. The number of hydrogen-bond donors (Lipinski definition) is 4. The summed E-state index contributed by atoms with van der Waals surface area (Å²) in [6.45, 7) is 0. The quantitative estimate of drug-likeness (QED) is 0.199. The summed E-state index contributed by atoms with van der Waals surface area (Å²) in [5.41, 5.74) is 1.06. The van der Waals surface area contributed by atoms with Crippen molar-refractivity contribution in [1.29, 1.82) is 0 Å². The minimum absolute atomic E-state index is 0.130. The molecule has 5 aliphatic rings. The van der Waals surface area contributed by atoms with Gasteiger partial charge in [0.1, 0.15) is 69.2 Å². The van der Waals surface area contributed by atoms with Crippen LogP contribution in [0.2, 0.25) is 0 Å². The molecule has 2 atom stereocenters. The molecule has 214 valence electrons. The third-order valence-corrected chi connectivity index (χ3v) is 8.22. The Bertz CT molecular complexity index is 2400. The van der Waals surface area contributed by atoms with E-state index in [1.165, 1.54) is 24.3 Å². The van der Waals surface area contributed by atoms with Crippen molar-refractivity contribution in [3.63, 3.8) is 0 Å². The summed E-state index contributed by atoms with van der Waals surface area (Å²) in [4.78, 5) is 25.0. The first kappa shape index (κ1) is 24.8. The lowest BCUT2D eigenvalue weighted by molar-refractivity contribution is 0.576. The predicted molar refractivity (Wildman–Crippen MR) is 157 cm³/mol. The Morgan fingerprint density at radius 1 is 0.659 bits per heavy atom. The molecule has 2 aromatic carbocycles. The number of rotatable bonds is 0. The van der Waals surface area contributed by atoms with Crippen LogP contribution >= 0.6 is 0 Å². The molecule has 0 amide bonds. The first-order valence-electron chi connectivity index (χ1n) is 13.8. The van der Waals surface area contributed by atoms with E-state index in [4.69, 9.17) is 20.0 Å². The van der Waals surface area contributed by atoms with E-state index in [9.17, 15) is 0 Å². The van der Waals surface area contributed by atoms with Gasteiger partial charge >= 0.3 is 0 Å². The standard InChI is InChI=1S/C32H18F4N8/c33-17-9-1-5-13-21(17)29-37-25(13)41-30-22-14(6-2-10-18(22)34)27(38-30)43-32-24-16(8-4-12-20(24)36)28(40-32)44-31-23-15(26(39-31)42-29)7-3-11-19(23)35/h1-13,24,38H,(H,37,41)(H,40,43)(H,39,42,44). The molecule has 9 rings (SSSR count). The molecule has 3 aliphatic heterocycles. The largest absolute Gasteiger partial charge is 0.327 e. The predicted octanol–water partition coefficient (Wildman–Crippen LogP) is 5.65. The van der Waals surface area contributed by atoms with Crippen LogP contribution in [0.1, 0.15) is 0 Å². The summed E-state index contributed by atoms with van der Waals surface area (Å²) in [6, 6.07) is 9.05. The number of nitrogens with one attached hydrogen (secondary N) is 4. The van der Waals surface area contributed by atoms with Crippen LogP contribution in [-0.2, 0) is 0 Å². The highest BCUT2D eigenvalue weighted by molar-refractivity contribution is 6.06. The molecule has 2 aliphatic carbocycles. The number of benzene rings is 2. The normalized spacial score (nSPS) is 21.6. The van der Waals surface area contributed by atoms with Crippen LogP contribution in [-0.4, -0.2) is 21.6 Å². The van der Waals surface area contributed by atoms with Gasteiger partial charge in [-0.05, 0) is 24.3 Å². The second kappa shape index (κ2) is 8.86. The summed E-state index contributed by atoms with van der Waals surface area (Å²) in [5, 5.41) is 7.35. The van der Waals surface area contributed by atoms with Gasteiger partial charge in [0.15, 0.2) is 0 Å². The summed E-state index contributed by atoms with van der Waals surface area (Å²) in [7, 11) is 0. The van der Waals surface area contributed by atoms with Crippen molar-refractivity contribution in [3.05, 3.63) is 130 Å². The lowest BCUT2D eigenvalue weighted by Crippen LogP contribution is -2.24. The van der Waals surface area contributed by atoms with Gasteiger partial charge in [-0.1, -0.05) is 48.6 Å². The molecule has 0 saturated carbocycles. The molecule has 2 unspecified atom stereocenters. The summed E-state index contributed by atoms with van der Waals surface area (Å²) in [5.74, 6) is -2.41. The van der Waals surface area contributed by atoms with Crippen LogP contribution in [0.25, 0.3) is 21.5 Å². The van der Waals surface area contributed by atoms with E-state index in [0.717, 1.165) is 0 Å². The van der Waals surface area contributed by atoms with Gasteiger partial charge in [-0.3, -0.25) is 0 Å². The minimum Gasteiger partial charge on any atom is -0.327 e. The number of halogens is 4. The van der Waals surface area contributed by atoms with Crippen LogP contribution in [0.15, 0.2) is 127 Å². The molecular formula is C32H18F4N8. The second-order valence-electron chi connectivity index (χ2n) is 10.7. The summed E-state index contributed by atoms with van der Waals surface area (Å²) in [6.07, 6.45) is 9.23. The molecule has 44 heavy (non-hydrogen) atoms. The van der Waals surface area contributed by atoms with E-state index < -0.39 is 35.1 Å². The molecule has 4 N–H and O–H groups in total. The van der Waals surface area contributed by atoms with Gasteiger partial charge in [-0.25, -0.2) is 37.5 Å². The molecule has 0 saturated heterocycles. The number of hydrogen-bond acceptors (Lipinski definition) is 6. The molecule has 0 radical (unpaired) electrons. The molecule has 4 aromatic rings. The SMILES string of the molecule is FC1=CC=CC2C3=Nc4[nH]c(c5cccc(F)c45)N=C4NC(=C5C=CC=C(F)C45)N=c4[nH]c(c5cccc(F)c45)=NC(=C12)N3. The highest BCUT2D eigenvalue weighted by Gasteiger charge is 2.37. The fraction of sp³-hybridized carbons (Fsp3) is 0.0625. The number of aliphatic imine (C=N–C) groups is 2. The topological polar surface area (TPSA) is 105 Å².